The van der Waals surface area contributed by atoms with Crippen molar-refractivity contribution in [1.82, 2.24) is 9.80 Å². The molecule has 0 N–H and O–H groups in total. The predicted octanol–water partition coefficient (Wildman–Crippen LogP) is 2.19. The Hall–Kier alpha value is -0.870. The molecule has 0 bridgehead atoms. The van der Waals surface area contributed by atoms with Crippen LogP contribution >= 0.6 is 11.3 Å². The van der Waals surface area contributed by atoms with Gasteiger partial charge in [0.15, 0.2) is 0 Å². The molecule has 1 saturated heterocycles. The van der Waals surface area contributed by atoms with Crippen molar-refractivity contribution < 1.29 is 4.79 Å². The number of carbonyl (C=O) groups excluding carboxylic acids is 1. The SMILES string of the molecule is CC(=O)N1CCN(Cc2cccs2)C(C)(C)C1. The van der Waals surface area contributed by atoms with Crippen LogP contribution in [-0.4, -0.2) is 40.9 Å². The standard InChI is InChI=1S/C13H20N2OS/c1-11(16)14-6-7-15(13(2,3)10-14)9-12-5-4-8-17-12/h4-5,8H,6-7,9-10H2,1-3H3. The highest BCUT2D eigenvalue weighted by molar-refractivity contribution is 7.09. The van der Waals surface area contributed by atoms with E-state index >= 15 is 0 Å². The van der Waals surface area contributed by atoms with Crippen LogP contribution in [0.5, 0.6) is 0 Å². The monoisotopic (exact) mass is 252 g/mol. The molecule has 4 heteroatoms. The van der Waals surface area contributed by atoms with E-state index in [1.54, 1.807) is 18.3 Å². The maximum atomic E-state index is 11.4. The Morgan fingerprint density at radius 1 is 1.47 bits per heavy atom. The Morgan fingerprint density at radius 2 is 2.24 bits per heavy atom. The first-order valence-corrected chi connectivity index (χ1v) is 6.90. The number of rotatable bonds is 2. The van der Waals surface area contributed by atoms with E-state index < -0.39 is 0 Å². The minimum atomic E-state index is 0.0634. The van der Waals surface area contributed by atoms with Crippen LogP contribution < -0.4 is 0 Å². The van der Waals surface area contributed by atoms with Gasteiger partial charge in [-0.15, -0.1) is 11.3 Å². The van der Waals surface area contributed by atoms with Gasteiger partial charge in [-0.25, -0.2) is 0 Å². The van der Waals surface area contributed by atoms with Gasteiger partial charge in [-0.1, -0.05) is 6.07 Å². The van der Waals surface area contributed by atoms with E-state index in [1.807, 2.05) is 4.90 Å². The molecule has 1 fully saturated rings. The van der Waals surface area contributed by atoms with Gasteiger partial charge in [0.25, 0.3) is 0 Å². The fourth-order valence-electron chi connectivity index (χ4n) is 2.34. The zero-order valence-corrected chi connectivity index (χ0v) is 11.6. The van der Waals surface area contributed by atoms with Gasteiger partial charge in [-0.2, -0.15) is 0 Å². The zero-order valence-electron chi connectivity index (χ0n) is 10.8. The molecule has 3 nitrogen and oxygen atoms in total. The van der Waals surface area contributed by atoms with E-state index in [0.717, 1.165) is 26.2 Å². The number of amides is 1. The molecule has 94 valence electrons. The maximum Gasteiger partial charge on any atom is 0.219 e. The lowest BCUT2D eigenvalue weighted by Crippen LogP contribution is -2.59. The minimum absolute atomic E-state index is 0.0634. The van der Waals surface area contributed by atoms with Crippen LogP contribution in [-0.2, 0) is 11.3 Å². The van der Waals surface area contributed by atoms with E-state index in [-0.39, 0.29) is 11.4 Å². The van der Waals surface area contributed by atoms with Gasteiger partial charge < -0.3 is 4.90 Å². The fraction of sp³-hybridized carbons (Fsp3) is 0.615. The highest BCUT2D eigenvalue weighted by Crippen LogP contribution is 2.24. The van der Waals surface area contributed by atoms with Crippen molar-refractivity contribution in [2.45, 2.75) is 32.9 Å². The smallest absolute Gasteiger partial charge is 0.219 e. The van der Waals surface area contributed by atoms with Crippen molar-refractivity contribution in [3.8, 4) is 0 Å². The molecule has 2 heterocycles. The number of piperazine rings is 1. The van der Waals surface area contributed by atoms with Crippen LogP contribution in [0.4, 0.5) is 0 Å². The van der Waals surface area contributed by atoms with Gasteiger partial charge in [-0.3, -0.25) is 9.69 Å². The number of thiophene rings is 1. The van der Waals surface area contributed by atoms with Crippen LogP contribution in [0.25, 0.3) is 0 Å². The average molecular weight is 252 g/mol. The Morgan fingerprint density at radius 3 is 2.76 bits per heavy atom. The van der Waals surface area contributed by atoms with Crippen LogP contribution in [0.15, 0.2) is 17.5 Å². The molecule has 1 aromatic heterocycles. The normalized spacial score (nSPS) is 20.5. The molecule has 1 aliphatic heterocycles. The first-order valence-electron chi connectivity index (χ1n) is 6.02. The molecular formula is C13H20N2OS. The fourth-order valence-corrected chi connectivity index (χ4v) is 3.06. The van der Waals surface area contributed by atoms with Crippen molar-refractivity contribution in [3.63, 3.8) is 0 Å². The van der Waals surface area contributed by atoms with Gasteiger partial charge in [0.2, 0.25) is 5.91 Å². The molecule has 0 atom stereocenters. The Labute approximate surface area is 107 Å². The van der Waals surface area contributed by atoms with Crippen molar-refractivity contribution in [2.24, 2.45) is 0 Å². The Balaban J connectivity index is 2.03. The van der Waals surface area contributed by atoms with E-state index in [0.29, 0.717) is 0 Å². The summed E-state index contributed by atoms with van der Waals surface area (Å²) in [6, 6.07) is 4.27. The van der Waals surface area contributed by atoms with Crippen molar-refractivity contribution in [2.75, 3.05) is 19.6 Å². The van der Waals surface area contributed by atoms with Gasteiger partial charge in [-0.05, 0) is 25.3 Å². The summed E-state index contributed by atoms with van der Waals surface area (Å²) in [5.74, 6) is 0.189. The second kappa shape index (κ2) is 4.78. The molecular weight excluding hydrogens is 232 g/mol. The summed E-state index contributed by atoms with van der Waals surface area (Å²) in [7, 11) is 0. The summed E-state index contributed by atoms with van der Waals surface area (Å²) >= 11 is 1.80. The lowest BCUT2D eigenvalue weighted by molar-refractivity contribution is -0.134. The van der Waals surface area contributed by atoms with E-state index in [2.05, 4.69) is 36.3 Å². The molecule has 1 aliphatic rings. The quantitative estimate of drug-likeness (QED) is 0.805. The molecule has 0 spiro atoms. The van der Waals surface area contributed by atoms with Crippen LogP contribution in [0.1, 0.15) is 25.6 Å². The summed E-state index contributed by atoms with van der Waals surface area (Å²) in [5, 5.41) is 2.12. The minimum Gasteiger partial charge on any atom is -0.340 e. The third-order valence-electron chi connectivity index (χ3n) is 3.45. The van der Waals surface area contributed by atoms with Gasteiger partial charge >= 0.3 is 0 Å². The summed E-state index contributed by atoms with van der Waals surface area (Å²) < 4.78 is 0. The van der Waals surface area contributed by atoms with Crippen LogP contribution in [0, 0.1) is 0 Å². The average Bonchev–Trinajstić information content (AvgIpc) is 2.73. The first-order chi connectivity index (χ1) is 7.99. The summed E-state index contributed by atoms with van der Waals surface area (Å²) in [6.07, 6.45) is 0. The van der Waals surface area contributed by atoms with Gasteiger partial charge in [0.05, 0.1) is 0 Å². The largest absolute Gasteiger partial charge is 0.340 e. The molecule has 1 amide bonds. The molecule has 0 unspecified atom stereocenters. The van der Waals surface area contributed by atoms with Crippen molar-refractivity contribution in [1.29, 1.82) is 0 Å². The van der Waals surface area contributed by atoms with Crippen molar-refractivity contribution >= 4 is 17.2 Å². The summed E-state index contributed by atoms with van der Waals surface area (Å²) in [4.78, 5) is 17.2. The van der Waals surface area contributed by atoms with E-state index in [4.69, 9.17) is 0 Å². The third-order valence-corrected chi connectivity index (χ3v) is 4.31. The molecule has 1 aromatic rings. The Bertz CT molecular complexity index is 386. The second-order valence-electron chi connectivity index (χ2n) is 5.25. The number of hydrogen-bond acceptors (Lipinski definition) is 3. The lowest BCUT2D eigenvalue weighted by atomic mass is 9.98. The molecule has 0 aromatic carbocycles. The molecule has 17 heavy (non-hydrogen) atoms. The van der Waals surface area contributed by atoms with E-state index in [9.17, 15) is 4.79 Å². The molecule has 2 rings (SSSR count). The second-order valence-corrected chi connectivity index (χ2v) is 6.29. The Kier molecular flexibility index (Phi) is 3.54. The summed E-state index contributed by atoms with van der Waals surface area (Å²) in [6.45, 7) is 9.73. The maximum absolute atomic E-state index is 11.4. The first kappa shape index (κ1) is 12.6. The molecule has 0 saturated carbocycles. The number of hydrogen-bond donors (Lipinski definition) is 0. The van der Waals surface area contributed by atoms with E-state index in [1.165, 1.54) is 4.88 Å². The lowest BCUT2D eigenvalue weighted by Gasteiger charge is -2.46. The topological polar surface area (TPSA) is 23.6 Å². The number of carbonyl (C=O) groups is 1. The zero-order chi connectivity index (χ0) is 12.5. The van der Waals surface area contributed by atoms with Gasteiger partial charge in [0, 0.05) is 43.5 Å². The van der Waals surface area contributed by atoms with Crippen LogP contribution in [0.3, 0.4) is 0 Å². The highest BCUT2D eigenvalue weighted by atomic mass is 32.1. The molecule has 0 aliphatic carbocycles. The number of nitrogens with zero attached hydrogens (tertiary/aromatic N) is 2. The summed E-state index contributed by atoms with van der Waals surface area (Å²) in [5.41, 5.74) is 0.0634. The predicted molar refractivity (Wildman–Crippen MR) is 71.1 cm³/mol. The molecule has 0 radical (unpaired) electrons. The third kappa shape index (κ3) is 2.87. The van der Waals surface area contributed by atoms with Crippen molar-refractivity contribution in [3.05, 3.63) is 22.4 Å². The highest BCUT2D eigenvalue weighted by Gasteiger charge is 2.34. The van der Waals surface area contributed by atoms with Gasteiger partial charge in [0.1, 0.15) is 0 Å². The van der Waals surface area contributed by atoms with Crippen LogP contribution in [0.2, 0.25) is 0 Å².